The van der Waals surface area contributed by atoms with E-state index < -0.39 is 0 Å². The van der Waals surface area contributed by atoms with Gasteiger partial charge >= 0.3 is 0 Å². The number of likely N-dealkylation sites (N-methyl/N-ethyl adjacent to an activating group) is 1. The molecule has 0 spiro atoms. The first-order valence-corrected chi connectivity index (χ1v) is 2.41. The molecule has 0 aliphatic heterocycles. The molecule has 0 rings (SSSR count). The standard InChI is InChI=1S/C5H10N2O/c1-6-3-2-4-7-5-8/h2,4-6H,3H2,1H3,(H,7,8)/b4-2-. The molecule has 0 radical (unpaired) electrons. The number of hydrogen-bond acceptors (Lipinski definition) is 2. The Morgan fingerprint density at radius 3 is 2.88 bits per heavy atom. The van der Waals surface area contributed by atoms with Crippen molar-refractivity contribution in [1.29, 1.82) is 0 Å². The number of carbonyl (C=O) groups is 1. The van der Waals surface area contributed by atoms with Gasteiger partial charge in [-0.2, -0.15) is 0 Å². The summed E-state index contributed by atoms with van der Waals surface area (Å²) in [5.41, 5.74) is 0. The average Bonchev–Trinajstić information content (AvgIpc) is 1.81. The zero-order chi connectivity index (χ0) is 6.24. The van der Waals surface area contributed by atoms with Gasteiger partial charge in [-0.25, -0.2) is 0 Å². The Morgan fingerprint density at radius 2 is 2.38 bits per heavy atom. The fraction of sp³-hybridized carbons (Fsp3) is 0.400. The SMILES string of the molecule is CNC/C=C\NC=O. The highest BCUT2D eigenvalue weighted by Crippen LogP contribution is 1.59. The Kier molecular flexibility index (Phi) is 5.53. The van der Waals surface area contributed by atoms with Gasteiger partial charge in [0.15, 0.2) is 0 Å². The Hall–Kier alpha value is -0.830. The summed E-state index contributed by atoms with van der Waals surface area (Å²) in [4.78, 5) is 9.59. The van der Waals surface area contributed by atoms with Crippen LogP contribution in [-0.2, 0) is 4.79 Å². The van der Waals surface area contributed by atoms with Crippen LogP contribution in [0.5, 0.6) is 0 Å². The molecular weight excluding hydrogens is 104 g/mol. The molecule has 0 aromatic heterocycles. The molecule has 8 heavy (non-hydrogen) atoms. The van der Waals surface area contributed by atoms with Crippen LogP contribution in [0.4, 0.5) is 0 Å². The molecule has 0 heterocycles. The van der Waals surface area contributed by atoms with Crippen molar-refractivity contribution in [3.63, 3.8) is 0 Å². The lowest BCUT2D eigenvalue weighted by Gasteiger charge is -1.85. The molecule has 0 saturated heterocycles. The lowest BCUT2D eigenvalue weighted by atomic mass is 10.6. The number of rotatable bonds is 4. The molecule has 0 fully saturated rings. The van der Waals surface area contributed by atoms with Crippen LogP contribution < -0.4 is 10.6 Å². The summed E-state index contributed by atoms with van der Waals surface area (Å²) in [7, 11) is 1.84. The minimum Gasteiger partial charge on any atom is -0.336 e. The average molecular weight is 114 g/mol. The molecule has 0 aromatic carbocycles. The van der Waals surface area contributed by atoms with Gasteiger partial charge in [0, 0.05) is 12.7 Å². The van der Waals surface area contributed by atoms with Crippen LogP contribution in [-0.4, -0.2) is 20.0 Å². The van der Waals surface area contributed by atoms with E-state index in [0.29, 0.717) is 6.41 Å². The summed E-state index contributed by atoms with van der Waals surface area (Å²) < 4.78 is 0. The van der Waals surface area contributed by atoms with Gasteiger partial charge in [-0.05, 0) is 7.05 Å². The predicted octanol–water partition coefficient (Wildman–Crippen LogP) is -0.535. The maximum absolute atomic E-state index is 9.59. The molecule has 0 aromatic rings. The van der Waals surface area contributed by atoms with Gasteiger partial charge in [-0.15, -0.1) is 0 Å². The normalized spacial score (nSPS) is 9.62. The van der Waals surface area contributed by atoms with Crippen LogP contribution in [0.2, 0.25) is 0 Å². The highest BCUT2D eigenvalue weighted by molar-refractivity contribution is 5.47. The lowest BCUT2D eigenvalue weighted by Crippen LogP contribution is -2.06. The summed E-state index contributed by atoms with van der Waals surface area (Å²) in [6, 6.07) is 0. The van der Waals surface area contributed by atoms with E-state index in [1.165, 1.54) is 0 Å². The van der Waals surface area contributed by atoms with Crippen LogP contribution in [0.25, 0.3) is 0 Å². The smallest absolute Gasteiger partial charge is 0.211 e. The molecule has 46 valence electrons. The van der Waals surface area contributed by atoms with E-state index in [2.05, 4.69) is 10.6 Å². The van der Waals surface area contributed by atoms with Gasteiger partial charge < -0.3 is 10.6 Å². The molecule has 1 amide bonds. The van der Waals surface area contributed by atoms with Crippen LogP contribution >= 0.6 is 0 Å². The maximum atomic E-state index is 9.59. The first-order valence-electron chi connectivity index (χ1n) is 2.41. The molecule has 3 nitrogen and oxygen atoms in total. The Bertz CT molecular complexity index is 80.5. The fourth-order valence-electron chi connectivity index (χ4n) is 0.284. The van der Waals surface area contributed by atoms with Gasteiger partial charge in [-0.1, -0.05) is 6.08 Å². The van der Waals surface area contributed by atoms with Gasteiger partial charge in [0.1, 0.15) is 0 Å². The summed E-state index contributed by atoms with van der Waals surface area (Å²) >= 11 is 0. The molecule has 0 saturated carbocycles. The van der Waals surface area contributed by atoms with Crippen molar-refractivity contribution in [1.82, 2.24) is 10.6 Å². The molecule has 0 atom stereocenters. The largest absolute Gasteiger partial charge is 0.336 e. The first kappa shape index (κ1) is 7.17. The van der Waals surface area contributed by atoms with E-state index in [9.17, 15) is 4.79 Å². The van der Waals surface area contributed by atoms with E-state index in [1.807, 2.05) is 13.1 Å². The Balaban J connectivity index is 2.94. The van der Waals surface area contributed by atoms with E-state index in [1.54, 1.807) is 6.20 Å². The topological polar surface area (TPSA) is 41.1 Å². The van der Waals surface area contributed by atoms with Gasteiger partial charge in [0.2, 0.25) is 6.41 Å². The van der Waals surface area contributed by atoms with E-state index in [0.717, 1.165) is 6.54 Å². The molecule has 0 aliphatic carbocycles. The van der Waals surface area contributed by atoms with Crippen molar-refractivity contribution in [3.05, 3.63) is 12.3 Å². The third-order valence-corrected chi connectivity index (χ3v) is 0.604. The number of carbonyl (C=O) groups excluding carboxylic acids is 1. The molecule has 0 unspecified atom stereocenters. The number of hydrogen-bond donors (Lipinski definition) is 2. The third-order valence-electron chi connectivity index (χ3n) is 0.604. The molecule has 3 heteroatoms. The third kappa shape index (κ3) is 5.17. The quantitative estimate of drug-likeness (QED) is 0.482. The van der Waals surface area contributed by atoms with Crippen molar-refractivity contribution in [2.24, 2.45) is 0 Å². The zero-order valence-electron chi connectivity index (χ0n) is 4.85. The summed E-state index contributed by atoms with van der Waals surface area (Å²) in [6.07, 6.45) is 4.03. The fourth-order valence-corrected chi connectivity index (χ4v) is 0.284. The van der Waals surface area contributed by atoms with Crippen LogP contribution in [0.1, 0.15) is 0 Å². The minimum absolute atomic E-state index is 0.631. The zero-order valence-corrected chi connectivity index (χ0v) is 4.85. The number of nitrogens with one attached hydrogen (secondary N) is 2. The summed E-state index contributed by atoms with van der Waals surface area (Å²) in [5, 5.41) is 5.27. The van der Waals surface area contributed by atoms with Crippen LogP contribution in [0.3, 0.4) is 0 Å². The molecule has 2 N–H and O–H groups in total. The van der Waals surface area contributed by atoms with Crippen LogP contribution in [0.15, 0.2) is 12.3 Å². The van der Waals surface area contributed by atoms with Gasteiger partial charge in [0.25, 0.3) is 0 Å². The van der Waals surface area contributed by atoms with Crippen molar-refractivity contribution in [2.75, 3.05) is 13.6 Å². The monoisotopic (exact) mass is 114 g/mol. The highest BCUT2D eigenvalue weighted by Gasteiger charge is 1.66. The second-order valence-electron chi connectivity index (χ2n) is 1.24. The summed E-state index contributed by atoms with van der Waals surface area (Å²) in [6.45, 7) is 0.779. The molecular formula is C5H10N2O. The molecule has 0 aliphatic rings. The van der Waals surface area contributed by atoms with E-state index in [4.69, 9.17) is 0 Å². The van der Waals surface area contributed by atoms with Crippen LogP contribution in [0, 0.1) is 0 Å². The van der Waals surface area contributed by atoms with Gasteiger partial charge in [0.05, 0.1) is 0 Å². The van der Waals surface area contributed by atoms with Crippen molar-refractivity contribution < 1.29 is 4.79 Å². The molecule has 0 bridgehead atoms. The van der Waals surface area contributed by atoms with E-state index >= 15 is 0 Å². The predicted molar refractivity (Wildman–Crippen MR) is 32.3 cm³/mol. The van der Waals surface area contributed by atoms with Crippen molar-refractivity contribution in [3.8, 4) is 0 Å². The highest BCUT2D eigenvalue weighted by atomic mass is 16.1. The lowest BCUT2D eigenvalue weighted by molar-refractivity contribution is -0.108. The van der Waals surface area contributed by atoms with Gasteiger partial charge in [-0.3, -0.25) is 4.79 Å². The minimum atomic E-state index is 0.631. The summed E-state index contributed by atoms with van der Waals surface area (Å²) in [5.74, 6) is 0. The second-order valence-corrected chi connectivity index (χ2v) is 1.24. The number of amides is 1. The Labute approximate surface area is 48.8 Å². The van der Waals surface area contributed by atoms with Crippen molar-refractivity contribution >= 4 is 6.41 Å². The first-order chi connectivity index (χ1) is 3.91. The van der Waals surface area contributed by atoms with Crippen molar-refractivity contribution in [2.45, 2.75) is 0 Å². The maximum Gasteiger partial charge on any atom is 0.211 e. The second kappa shape index (κ2) is 6.17. The Morgan fingerprint density at radius 1 is 1.62 bits per heavy atom. The van der Waals surface area contributed by atoms with E-state index in [-0.39, 0.29) is 0 Å².